The number of aromatic nitrogens is 3. The van der Waals surface area contributed by atoms with E-state index in [1.165, 1.54) is 0 Å². The Balaban J connectivity index is 1.32. The van der Waals surface area contributed by atoms with Crippen LogP contribution in [0.1, 0.15) is 38.7 Å². The summed E-state index contributed by atoms with van der Waals surface area (Å²) < 4.78 is 26.6. The zero-order valence-corrected chi connectivity index (χ0v) is 24.6. The number of carbonyl (C=O) groups excluding carboxylic acids is 1. The van der Waals surface area contributed by atoms with Gasteiger partial charge in [0.15, 0.2) is 0 Å². The number of esters is 1. The Morgan fingerprint density at radius 3 is 2.63 bits per heavy atom. The van der Waals surface area contributed by atoms with Gasteiger partial charge in [0.05, 0.1) is 24.2 Å². The third-order valence-electron chi connectivity index (χ3n) is 7.95. The molecule has 2 aliphatic heterocycles. The minimum atomic E-state index is -0.407. The van der Waals surface area contributed by atoms with Crippen LogP contribution in [0.5, 0.6) is 5.75 Å². The van der Waals surface area contributed by atoms with E-state index in [9.17, 15) is 9.59 Å². The van der Waals surface area contributed by atoms with Crippen molar-refractivity contribution < 1.29 is 23.7 Å². The van der Waals surface area contributed by atoms with E-state index in [-0.39, 0.29) is 23.6 Å². The number of imidazole rings is 1. The molecule has 5 rings (SSSR count). The average Bonchev–Trinajstić information content (AvgIpc) is 3.59. The van der Waals surface area contributed by atoms with Crippen LogP contribution in [0, 0.1) is 18.8 Å². The van der Waals surface area contributed by atoms with Crippen LogP contribution in [0.25, 0.3) is 22.4 Å². The van der Waals surface area contributed by atoms with Gasteiger partial charge in [-0.15, -0.1) is 0 Å². The van der Waals surface area contributed by atoms with E-state index in [1.807, 2.05) is 51.2 Å². The first-order valence-electron chi connectivity index (χ1n) is 14.7. The summed E-state index contributed by atoms with van der Waals surface area (Å²) >= 11 is 0. The van der Waals surface area contributed by atoms with Gasteiger partial charge in [-0.05, 0) is 49.8 Å². The standard InChI is InChI=1S/C31H42N4O6/c1-20(2)28(31(37)41-25-9-13-39-19-25)32-10-14-40-24-5-6-26-27(16-24)35(17-22-7-11-38-12-8-22)29(33-26)23-15-21(3)30(36)34(4)18-23/h5-6,15-16,18,20,22,25,28,32H,7-14,17,19H2,1-4H3/t25-,28?/m0/s1. The van der Waals surface area contributed by atoms with Gasteiger partial charge in [0.2, 0.25) is 0 Å². The molecule has 0 radical (unpaired) electrons. The highest BCUT2D eigenvalue weighted by Crippen LogP contribution is 2.30. The second kappa shape index (κ2) is 13.2. The lowest BCUT2D eigenvalue weighted by Gasteiger charge is -2.24. The molecule has 1 N–H and O–H groups in total. The van der Waals surface area contributed by atoms with Gasteiger partial charge in [0.1, 0.15) is 30.3 Å². The smallest absolute Gasteiger partial charge is 0.323 e. The maximum absolute atomic E-state index is 12.7. The highest BCUT2D eigenvalue weighted by Gasteiger charge is 2.28. The molecule has 0 spiro atoms. The fourth-order valence-corrected chi connectivity index (χ4v) is 5.60. The number of carbonyl (C=O) groups is 1. The van der Waals surface area contributed by atoms with Gasteiger partial charge >= 0.3 is 5.97 Å². The van der Waals surface area contributed by atoms with Crippen molar-refractivity contribution in [2.75, 3.05) is 39.6 Å². The predicted octanol–water partition coefficient (Wildman–Crippen LogP) is 3.46. The molecule has 4 heterocycles. The summed E-state index contributed by atoms with van der Waals surface area (Å²) in [6.45, 7) is 10.2. The second-order valence-electron chi connectivity index (χ2n) is 11.5. The average molecular weight is 567 g/mol. The van der Waals surface area contributed by atoms with Crippen molar-refractivity contribution in [1.82, 2.24) is 19.4 Å². The highest BCUT2D eigenvalue weighted by atomic mass is 16.6. The summed E-state index contributed by atoms with van der Waals surface area (Å²) in [6.07, 6.45) is 4.45. The van der Waals surface area contributed by atoms with E-state index in [2.05, 4.69) is 9.88 Å². The number of rotatable bonds is 11. The van der Waals surface area contributed by atoms with Crippen molar-refractivity contribution in [2.45, 2.75) is 58.7 Å². The topological polar surface area (TPSA) is 106 Å². The van der Waals surface area contributed by atoms with Gasteiger partial charge in [0.25, 0.3) is 5.56 Å². The quantitative estimate of drug-likeness (QED) is 0.278. The molecule has 2 atom stereocenters. The molecule has 1 unspecified atom stereocenters. The van der Waals surface area contributed by atoms with Crippen LogP contribution in [0.15, 0.2) is 35.3 Å². The minimum absolute atomic E-state index is 0.00865. The Labute approximate surface area is 240 Å². The molecule has 2 fully saturated rings. The summed E-state index contributed by atoms with van der Waals surface area (Å²) in [4.78, 5) is 30.1. The van der Waals surface area contributed by atoms with E-state index < -0.39 is 6.04 Å². The van der Waals surface area contributed by atoms with Crippen LogP contribution in [0.3, 0.4) is 0 Å². The number of fused-ring (bicyclic) bond motifs is 1. The van der Waals surface area contributed by atoms with Crippen LogP contribution >= 0.6 is 0 Å². The largest absolute Gasteiger partial charge is 0.492 e. The Morgan fingerprint density at radius 1 is 1.15 bits per heavy atom. The molecule has 0 amide bonds. The fraction of sp³-hybridized carbons (Fsp3) is 0.581. The summed E-state index contributed by atoms with van der Waals surface area (Å²) in [5.74, 6) is 1.90. The van der Waals surface area contributed by atoms with Gasteiger partial charge in [-0.1, -0.05) is 13.8 Å². The Kier molecular flexibility index (Phi) is 9.42. The molecule has 1 aromatic carbocycles. The third-order valence-corrected chi connectivity index (χ3v) is 7.95. The fourth-order valence-electron chi connectivity index (χ4n) is 5.60. The van der Waals surface area contributed by atoms with Gasteiger partial charge in [-0.3, -0.25) is 9.59 Å². The number of hydrogen-bond donors (Lipinski definition) is 1. The molecule has 222 valence electrons. The Morgan fingerprint density at radius 2 is 1.93 bits per heavy atom. The van der Waals surface area contributed by atoms with E-state index >= 15 is 0 Å². The highest BCUT2D eigenvalue weighted by molar-refractivity contribution is 5.82. The molecule has 3 aromatic rings. The number of pyridine rings is 1. The summed E-state index contributed by atoms with van der Waals surface area (Å²) in [5.41, 5.74) is 3.46. The SMILES string of the molecule is Cc1cc(-c2nc3ccc(OCCNC(C(=O)O[C@H]4CCOC4)C(C)C)cc3n2CC2CCOCC2)cn(C)c1=O. The molecule has 10 heteroatoms. The number of nitrogens with zero attached hydrogens (tertiary/aromatic N) is 3. The van der Waals surface area contributed by atoms with Crippen LogP contribution < -0.4 is 15.6 Å². The number of hydrogen-bond acceptors (Lipinski definition) is 8. The molecule has 2 aliphatic rings. The zero-order valence-electron chi connectivity index (χ0n) is 24.6. The maximum Gasteiger partial charge on any atom is 0.323 e. The first kappa shape index (κ1) is 29.3. The molecule has 10 nitrogen and oxygen atoms in total. The van der Waals surface area contributed by atoms with Crippen molar-refractivity contribution in [1.29, 1.82) is 0 Å². The lowest BCUT2D eigenvalue weighted by molar-refractivity contribution is -0.152. The Bertz CT molecular complexity index is 1380. The van der Waals surface area contributed by atoms with E-state index in [0.29, 0.717) is 37.8 Å². The summed E-state index contributed by atoms with van der Waals surface area (Å²) in [7, 11) is 1.77. The van der Waals surface area contributed by atoms with Crippen LogP contribution in [0.2, 0.25) is 0 Å². The van der Waals surface area contributed by atoms with Gasteiger partial charge in [-0.2, -0.15) is 0 Å². The molecule has 0 saturated carbocycles. The van der Waals surface area contributed by atoms with E-state index in [1.54, 1.807) is 11.6 Å². The first-order chi connectivity index (χ1) is 19.8. The molecule has 41 heavy (non-hydrogen) atoms. The van der Waals surface area contributed by atoms with Crippen LogP contribution in [0.4, 0.5) is 0 Å². The normalized spacial score (nSPS) is 18.7. The number of aryl methyl sites for hydroxylation is 2. The molecule has 0 aliphatic carbocycles. The predicted molar refractivity (Wildman–Crippen MR) is 156 cm³/mol. The zero-order chi connectivity index (χ0) is 28.9. The number of ether oxygens (including phenoxy) is 4. The Hall–Kier alpha value is -3.21. The van der Waals surface area contributed by atoms with Gasteiger partial charge in [-0.25, -0.2) is 4.98 Å². The van der Waals surface area contributed by atoms with Crippen LogP contribution in [-0.4, -0.2) is 71.8 Å². The summed E-state index contributed by atoms with van der Waals surface area (Å²) in [6, 6.07) is 7.46. The molecule has 2 aromatic heterocycles. The summed E-state index contributed by atoms with van der Waals surface area (Å²) in [5, 5.41) is 3.31. The maximum atomic E-state index is 12.7. The minimum Gasteiger partial charge on any atom is -0.492 e. The van der Waals surface area contributed by atoms with E-state index in [0.717, 1.165) is 67.2 Å². The van der Waals surface area contributed by atoms with Crippen molar-refractivity contribution in [3.8, 4) is 17.1 Å². The lowest BCUT2D eigenvalue weighted by atomic mass is 10.00. The molecular formula is C31H42N4O6. The molecule has 2 saturated heterocycles. The molecular weight excluding hydrogens is 524 g/mol. The van der Waals surface area contributed by atoms with Gasteiger partial charge < -0.3 is 33.4 Å². The molecule has 0 bridgehead atoms. The number of benzene rings is 1. The van der Waals surface area contributed by atoms with Crippen LogP contribution in [-0.2, 0) is 32.6 Å². The van der Waals surface area contributed by atoms with Crippen molar-refractivity contribution in [3.05, 3.63) is 46.4 Å². The third kappa shape index (κ3) is 6.99. The number of nitrogens with one attached hydrogen (secondary N) is 1. The van der Waals surface area contributed by atoms with E-state index in [4.69, 9.17) is 23.9 Å². The second-order valence-corrected chi connectivity index (χ2v) is 11.5. The van der Waals surface area contributed by atoms with Crippen molar-refractivity contribution >= 4 is 17.0 Å². The monoisotopic (exact) mass is 566 g/mol. The van der Waals surface area contributed by atoms with Crippen molar-refractivity contribution in [2.24, 2.45) is 18.9 Å². The van der Waals surface area contributed by atoms with Gasteiger partial charge in [0, 0.05) is 63.2 Å². The van der Waals surface area contributed by atoms with Crippen molar-refractivity contribution in [3.63, 3.8) is 0 Å². The first-order valence-corrected chi connectivity index (χ1v) is 14.7. The lowest BCUT2D eigenvalue weighted by Crippen LogP contribution is -2.45.